The fourth-order valence-electron chi connectivity index (χ4n) is 6.77. The summed E-state index contributed by atoms with van der Waals surface area (Å²) in [5.74, 6) is -4.55. The summed E-state index contributed by atoms with van der Waals surface area (Å²) in [5.41, 5.74) is 3.74. The molecule has 8 rings (SSSR count). The number of fused-ring (bicyclic) bond motifs is 5. The maximum Gasteiger partial charge on any atom is 0.573 e. The van der Waals surface area contributed by atoms with Gasteiger partial charge in [0, 0.05) is 0 Å². The van der Waals surface area contributed by atoms with E-state index in [9.17, 15) is 26.3 Å². The zero-order chi connectivity index (χ0) is 33.2. The molecule has 0 aliphatic rings. The molecule has 7 heteroatoms. The fourth-order valence-corrected chi connectivity index (χ4v) is 6.77. The lowest BCUT2D eigenvalue weighted by atomic mass is 9.83. The van der Waals surface area contributed by atoms with Crippen molar-refractivity contribution in [2.45, 2.75) is 6.36 Å². The van der Waals surface area contributed by atoms with Crippen molar-refractivity contribution < 1.29 is 31.1 Å². The fraction of sp³-hybridized carbons (Fsp3) is 0.0244. The third kappa shape index (κ3) is 4.99. The second kappa shape index (κ2) is 11.2. The van der Waals surface area contributed by atoms with Crippen LogP contribution in [-0.2, 0) is 0 Å². The maximum atomic E-state index is 14.8. The summed E-state index contributed by atoms with van der Waals surface area (Å²) in [4.78, 5) is 0. The summed E-state index contributed by atoms with van der Waals surface area (Å²) in [6, 6.07) is 39.0. The van der Waals surface area contributed by atoms with Gasteiger partial charge in [0.15, 0.2) is 17.5 Å². The molecule has 0 atom stereocenters. The summed E-state index contributed by atoms with van der Waals surface area (Å²) in [6.45, 7) is 0. The molecule has 234 valence electrons. The van der Waals surface area contributed by atoms with Gasteiger partial charge in [0.1, 0.15) is 5.75 Å². The first-order valence-corrected chi connectivity index (χ1v) is 15.1. The summed E-state index contributed by atoms with van der Waals surface area (Å²) in [6.07, 6.45) is -4.83. The van der Waals surface area contributed by atoms with Gasteiger partial charge in [0.2, 0.25) is 0 Å². The standard InChI is InChI=1S/C41H22F6O/c42-36-21-26(22-37(43)40(36)44)38-31-11-5-6-12-32(31)39(34-20-25-7-1-2-8-28(25)29-9-3-4-10-30(29)34)33-18-15-24(19-35(33)38)23-13-16-27(17-14-23)48-41(45,46)47/h1-22H. The highest BCUT2D eigenvalue weighted by atomic mass is 19.4. The molecule has 0 saturated heterocycles. The van der Waals surface area contributed by atoms with Crippen molar-refractivity contribution in [2.75, 3.05) is 0 Å². The smallest absolute Gasteiger partial charge is 0.406 e. The van der Waals surface area contributed by atoms with E-state index in [2.05, 4.69) is 35.1 Å². The molecule has 0 bridgehead atoms. The van der Waals surface area contributed by atoms with Gasteiger partial charge in [-0.05, 0) is 113 Å². The van der Waals surface area contributed by atoms with Gasteiger partial charge < -0.3 is 4.74 Å². The van der Waals surface area contributed by atoms with E-state index in [1.807, 2.05) is 66.7 Å². The molecule has 0 radical (unpaired) electrons. The molecule has 0 amide bonds. The third-order valence-electron chi connectivity index (χ3n) is 8.76. The summed E-state index contributed by atoms with van der Waals surface area (Å²) >= 11 is 0. The Labute approximate surface area is 270 Å². The second-order valence-corrected chi connectivity index (χ2v) is 11.6. The average molecular weight is 645 g/mol. The van der Waals surface area contributed by atoms with Crippen LogP contribution in [0.25, 0.3) is 76.5 Å². The lowest BCUT2D eigenvalue weighted by Gasteiger charge is -2.20. The molecular formula is C41H22F6O. The molecule has 8 aromatic carbocycles. The quantitative estimate of drug-likeness (QED) is 0.0802. The minimum absolute atomic E-state index is 0.147. The Bertz CT molecular complexity index is 2530. The van der Waals surface area contributed by atoms with Crippen molar-refractivity contribution in [3.63, 3.8) is 0 Å². The van der Waals surface area contributed by atoms with Gasteiger partial charge in [-0.15, -0.1) is 13.2 Å². The number of hydrogen-bond acceptors (Lipinski definition) is 1. The summed E-state index contributed by atoms with van der Waals surface area (Å²) in [7, 11) is 0. The van der Waals surface area contributed by atoms with E-state index in [-0.39, 0.29) is 11.3 Å². The Balaban J connectivity index is 1.48. The number of ether oxygens (including phenoxy) is 1. The SMILES string of the molecule is Fc1cc(-c2c3ccccc3c(-c3cc4ccccc4c4ccccc34)c3ccc(-c4ccc(OC(F)(F)F)cc4)cc23)cc(F)c1F. The Kier molecular flexibility index (Phi) is 6.88. The van der Waals surface area contributed by atoms with E-state index in [1.54, 1.807) is 0 Å². The van der Waals surface area contributed by atoms with Crippen LogP contribution in [0.3, 0.4) is 0 Å². The molecule has 0 heterocycles. The summed E-state index contributed by atoms with van der Waals surface area (Å²) in [5, 5.41) is 7.12. The lowest BCUT2D eigenvalue weighted by Crippen LogP contribution is -2.16. The zero-order valence-corrected chi connectivity index (χ0v) is 24.9. The van der Waals surface area contributed by atoms with Gasteiger partial charge in [-0.1, -0.05) is 97.1 Å². The number of hydrogen-bond donors (Lipinski definition) is 0. The zero-order valence-electron chi connectivity index (χ0n) is 24.9. The molecule has 0 saturated carbocycles. The van der Waals surface area contributed by atoms with Crippen LogP contribution < -0.4 is 4.74 Å². The Morgan fingerprint density at radius 1 is 0.417 bits per heavy atom. The van der Waals surface area contributed by atoms with Gasteiger partial charge in [0.05, 0.1) is 0 Å². The topological polar surface area (TPSA) is 9.23 Å². The Morgan fingerprint density at radius 2 is 0.958 bits per heavy atom. The Hall–Kier alpha value is -5.82. The van der Waals surface area contributed by atoms with Crippen molar-refractivity contribution in [2.24, 2.45) is 0 Å². The van der Waals surface area contributed by atoms with Crippen molar-refractivity contribution in [3.8, 4) is 39.1 Å². The molecule has 0 unspecified atom stereocenters. The number of alkyl halides is 3. The third-order valence-corrected chi connectivity index (χ3v) is 8.76. The molecule has 0 fully saturated rings. The minimum Gasteiger partial charge on any atom is -0.406 e. The molecule has 48 heavy (non-hydrogen) atoms. The van der Waals surface area contributed by atoms with Gasteiger partial charge in [-0.3, -0.25) is 0 Å². The highest BCUT2D eigenvalue weighted by molar-refractivity contribution is 6.26. The largest absolute Gasteiger partial charge is 0.573 e. The Morgan fingerprint density at radius 3 is 1.62 bits per heavy atom. The van der Waals surface area contributed by atoms with E-state index < -0.39 is 23.8 Å². The number of benzene rings is 8. The van der Waals surface area contributed by atoms with Gasteiger partial charge >= 0.3 is 6.36 Å². The van der Waals surface area contributed by atoms with Crippen molar-refractivity contribution >= 4 is 43.1 Å². The minimum atomic E-state index is -4.83. The van der Waals surface area contributed by atoms with Crippen LogP contribution in [0.4, 0.5) is 26.3 Å². The van der Waals surface area contributed by atoms with Crippen molar-refractivity contribution in [3.05, 3.63) is 151 Å². The molecule has 8 aromatic rings. The molecule has 0 spiro atoms. The van der Waals surface area contributed by atoms with Crippen molar-refractivity contribution in [1.82, 2.24) is 0 Å². The van der Waals surface area contributed by atoms with Crippen LogP contribution in [0.2, 0.25) is 0 Å². The van der Waals surface area contributed by atoms with Gasteiger partial charge in [-0.2, -0.15) is 0 Å². The predicted octanol–water partition coefficient (Wildman–Crippen LogP) is 12.6. The van der Waals surface area contributed by atoms with Crippen LogP contribution in [0.5, 0.6) is 5.75 Å². The van der Waals surface area contributed by atoms with Crippen LogP contribution in [0.1, 0.15) is 0 Å². The van der Waals surface area contributed by atoms with Crippen LogP contribution >= 0.6 is 0 Å². The predicted molar refractivity (Wildman–Crippen MR) is 179 cm³/mol. The van der Waals surface area contributed by atoms with Gasteiger partial charge in [-0.25, -0.2) is 13.2 Å². The molecule has 0 aromatic heterocycles. The van der Waals surface area contributed by atoms with E-state index >= 15 is 0 Å². The second-order valence-electron chi connectivity index (χ2n) is 11.6. The van der Waals surface area contributed by atoms with Crippen molar-refractivity contribution in [1.29, 1.82) is 0 Å². The van der Waals surface area contributed by atoms with Crippen LogP contribution in [-0.4, -0.2) is 6.36 Å². The highest BCUT2D eigenvalue weighted by Gasteiger charge is 2.31. The number of rotatable bonds is 4. The van der Waals surface area contributed by atoms with E-state index in [1.165, 1.54) is 24.3 Å². The maximum absolute atomic E-state index is 14.8. The first kappa shape index (κ1) is 29.6. The molecular weight excluding hydrogens is 622 g/mol. The normalized spacial score (nSPS) is 12.0. The first-order chi connectivity index (χ1) is 23.2. The summed E-state index contributed by atoms with van der Waals surface area (Å²) < 4.78 is 86.3. The van der Waals surface area contributed by atoms with E-state index in [0.29, 0.717) is 27.5 Å². The number of halogens is 6. The molecule has 0 aliphatic carbocycles. The lowest BCUT2D eigenvalue weighted by molar-refractivity contribution is -0.274. The first-order valence-electron chi connectivity index (χ1n) is 15.1. The van der Waals surface area contributed by atoms with E-state index in [4.69, 9.17) is 0 Å². The molecule has 1 nitrogen and oxygen atoms in total. The van der Waals surface area contributed by atoms with Gasteiger partial charge in [0.25, 0.3) is 0 Å². The van der Waals surface area contributed by atoms with Crippen LogP contribution in [0.15, 0.2) is 133 Å². The average Bonchev–Trinajstić information content (AvgIpc) is 3.08. The monoisotopic (exact) mass is 644 g/mol. The van der Waals surface area contributed by atoms with Crippen LogP contribution in [0, 0.1) is 17.5 Å². The van der Waals surface area contributed by atoms with E-state index in [0.717, 1.165) is 55.6 Å². The molecule has 0 N–H and O–H groups in total. The highest BCUT2D eigenvalue weighted by Crippen LogP contribution is 2.47. The molecule has 0 aliphatic heterocycles.